The molecule has 1 aromatic rings. The highest BCUT2D eigenvalue weighted by atomic mass is 16.2. The molecule has 100 valence electrons. The summed E-state index contributed by atoms with van der Waals surface area (Å²) in [6.07, 6.45) is 3.34. The molecule has 1 aliphatic carbocycles. The van der Waals surface area contributed by atoms with Crippen molar-refractivity contribution in [1.82, 2.24) is 5.32 Å². The van der Waals surface area contributed by atoms with Gasteiger partial charge in [-0.15, -0.1) is 0 Å². The number of nitrogens with one attached hydrogen (secondary N) is 1. The summed E-state index contributed by atoms with van der Waals surface area (Å²) < 4.78 is 0. The second-order valence-corrected chi connectivity index (χ2v) is 5.30. The van der Waals surface area contributed by atoms with Crippen molar-refractivity contribution in [3.63, 3.8) is 0 Å². The van der Waals surface area contributed by atoms with Crippen molar-refractivity contribution in [2.24, 2.45) is 0 Å². The molecule has 0 aromatic heterocycles. The Morgan fingerprint density at radius 1 is 1.37 bits per heavy atom. The number of urea groups is 1. The first-order valence-electron chi connectivity index (χ1n) is 6.92. The SMILES string of the molecule is CCC1CC(=O)c2ccccc2N1C(=O)NC1CC1. The van der Waals surface area contributed by atoms with Crippen molar-refractivity contribution in [2.45, 2.75) is 44.7 Å². The lowest BCUT2D eigenvalue weighted by molar-refractivity contribution is 0.0967. The van der Waals surface area contributed by atoms with Crippen LogP contribution in [-0.4, -0.2) is 23.9 Å². The lowest BCUT2D eigenvalue weighted by Crippen LogP contribution is -2.50. The maximum Gasteiger partial charge on any atom is 0.322 e. The van der Waals surface area contributed by atoms with Gasteiger partial charge in [0.25, 0.3) is 0 Å². The van der Waals surface area contributed by atoms with Gasteiger partial charge in [0.05, 0.1) is 5.69 Å². The van der Waals surface area contributed by atoms with Crippen LogP contribution in [0, 0.1) is 0 Å². The molecule has 0 radical (unpaired) electrons. The molecule has 2 amide bonds. The molecule has 3 rings (SSSR count). The van der Waals surface area contributed by atoms with Crippen LogP contribution in [0.5, 0.6) is 0 Å². The maximum absolute atomic E-state index is 12.4. The molecule has 1 fully saturated rings. The molecule has 4 heteroatoms. The summed E-state index contributed by atoms with van der Waals surface area (Å²) in [6, 6.07) is 7.63. The van der Waals surface area contributed by atoms with Gasteiger partial charge in [0.15, 0.2) is 5.78 Å². The van der Waals surface area contributed by atoms with Gasteiger partial charge in [-0.3, -0.25) is 9.69 Å². The predicted molar refractivity (Wildman–Crippen MR) is 73.5 cm³/mol. The summed E-state index contributed by atoms with van der Waals surface area (Å²) in [5, 5.41) is 3.02. The molecule has 1 aliphatic heterocycles. The van der Waals surface area contributed by atoms with Crippen LogP contribution in [0.3, 0.4) is 0 Å². The number of nitrogens with zero attached hydrogens (tertiary/aromatic N) is 1. The first kappa shape index (κ1) is 12.2. The summed E-state index contributed by atoms with van der Waals surface area (Å²) >= 11 is 0. The first-order valence-corrected chi connectivity index (χ1v) is 6.92. The Bertz CT molecular complexity index is 523. The van der Waals surface area contributed by atoms with Crippen molar-refractivity contribution in [3.8, 4) is 0 Å². The number of benzene rings is 1. The lowest BCUT2D eigenvalue weighted by Gasteiger charge is -2.36. The number of carbonyl (C=O) groups is 2. The Balaban J connectivity index is 1.95. The highest BCUT2D eigenvalue weighted by molar-refractivity contribution is 6.09. The summed E-state index contributed by atoms with van der Waals surface area (Å²) in [4.78, 5) is 26.3. The minimum atomic E-state index is -0.0608. The van der Waals surface area contributed by atoms with Gasteiger partial charge in [-0.2, -0.15) is 0 Å². The number of Topliss-reactive ketones (excluding diaryl/α,β-unsaturated/α-hetero) is 1. The van der Waals surface area contributed by atoms with Crippen LogP contribution < -0.4 is 10.2 Å². The highest BCUT2D eigenvalue weighted by Gasteiger charge is 2.36. The quantitative estimate of drug-likeness (QED) is 0.886. The zero-order valence-corrected chi connectivity index (χ0v) is 11.1. The van der Waals surface area contributed by atoms with E-state index in [0.29, 0.717) is 18.0 Å². The monoisotopic (exact) mass is 258 g/mol. The molecule has 1 saturated carbocycles. The Hall–Kier alpha value is -1.84. The molecule has 1 aromatic carbocycles. The van der Waals surface area contributed by atoms with Crippen LogP contribution >= 0.6 is 0 Å². The standard InChI is InChI=1S/C15H18N2O2/c1-2-11-9-14(18)12-5-3-4-6-13(12)17(11)15(19)16-10-7-8-10/h3-6,10-11H,2,7-9H2,1H3,(H,16,19). The van der Waals surface area contributed by atoms with Gasteiger partial charge < -0.3 is 5.32 Å². The van der Waals surface area contributed by atoms with Gasteiger partial charge in [-0.1, -0.05) is 19.1 Å². The number of amides is 2. The largest absolute Gasteiger partial charge is 0.335 e. The number of anilines is 1. The van der Waals surface area contributed by atoms with E-state index in [0.717, 1.165) is 24.9 Å². The molecule has 1 unspecified atom stereocenters. The van der Waals surface area contributed by atoms with Gasteiger partial charge in [0.1, 0.15) is 0 Å². The number of fused-ring (bicyclic) bond motifs is 1. The Morgan fingerprint density at radius 2 is 2.11 bits per heavy atom. The summed E-state index contributed by atoms with van der Waals surface area (Å²) in [6.45, 7) is 2.02. The fraction of sp³-hybridized carbons (Fsp3) is 0.467. The van der Waals surface area contributed by atoms with E-state index >= 15 is 0 Å². The molecule has 1 N–H and O–H groups in total. The van der Waals surface area contributed by atoms with E-state index in [1.54, 1.807) is 11.0 Å². The molecular weight excluding hydrogens is 240 g/mol. The Kier molecular flexibility index (Phi) is 3.01. The average Bonchev–Trinajstić information content (AvgIpc) is 3.22. The van der Waals surface area contributed by atoms with E-state index in [2.05, 4.69) is 5.32 Å². The number of rotatable bonds is 2. The van der Waals surface area contributed by atoms with Crippen molar-refractivity contribution in [1.29, 1.82) is 0 Å². The fourth-order valence-corrected chi connectivity index (χ4v) is 2.61. The number of para-hydroxylation sites is 1. The molecular formula is C15H18N2O2. The van der Waals surface area contributed by atoms with Gasteiger partial charge in [-0.25, -0.2) is 4.79 Å². The van der Waals surface area contributed by atoms with Gasteiger partial charge in [-0.05, 0) is 31.4 Å². The third-order valence-corrected chi connectivity index (χ3v) is 3.85. The van der Waals surface area contributed by atoms with Crippen molar-refractivity contribution in [3.05, 3.63) is 29.8 Å². The van der Waals surface area contributed by atoms with E-state index < -0.39 is 0 Å². The third kappa shape index (κ3) is 2.23. The fourth-order valence-electron chi connectivity index (χ4n) is 2.61. The van der Waals surface area contributed by atoms with Crippen LogP contribution in [0.1, 0.15) is 43.0 Å². The number of hydrogen-bond acceptors (Lipinski definition) is 2. The normalized spacial score (nSPS) is 22.1. The van der Waals surface area contributed by atoms with Crippen LogP contribution in [0.2, 0.25) is 0 Å². The van der Waals surface area contributed by atoms with E-state index in [1.807, 2.05) is 25.1 Å². The number of ketones is 1. The average molecular weight is 258 g/mol. The van der Waals surface area contributed by atoms with E-state index in [1.165, 1.54) is 0 Å². The third-order valence-electron chi connectivity index (χ3n) is 3.85. The minimum Gasteiger partial charge on any atom is -0.335 e. The zero-order valence-electron chi connectivity index (χ0n) is 11.1. The number of hydrogen-bond donors (Lipinski definition) is 1. The lowest BCUT2D eigenvalue weighted by atomic mass is 9.93. The summed E-state index contributed by atoms with van der Waals surface area (Å²) in [5.74, 6) is 0.137. The molecule has 0 bridgehead atoms. The van der Waals surface area contributed by atoms with Crippen LogP contribution in [0.4, 0.5) is 10.5 Å². The topological polar surface area (TPSA) is 49.4 Å². The van der Waals surface area contributed by atoms with Crippen molar-refractivity contribution >= 4 is 17.5 Å². The first-order chi connectivity index (χ1) is 9.20. The molecule has 1 atom stereocenters. The van der Waals surface area contributed by atoms with Crippen LogP contribution in [0.25, 0.3) is 0 Å². The Labute approximate surface area is 112 Å². The molecule has 1 heterocycles. The van der Waals surface area contributed by atoms with Gasteiger partial charge in [0.2, 0.25) is 0 Å². The molecule has 2 aliphatic rings. The summed E-state index contributed by atoms with van der Waals surface area (Å²) in [5.41, 5.74) is 1.42. The molecule has 0 saturated heterocycles. The second-order valence-electron chi connectivity index (χ2n) is 5.30. The maximum atomic E-state index is 12.4. The molecule has 4 nitrogen and oxygen atoms in total. The van der Waals surface area contributed by atoms with Gasteiger partial charge >= 0.3 is 6.03 Å². The van der Waals surface area contributed by atoms with E-state index in [-0.39, 0.29) is 17.9 Å². The Morgan fingerprint density at radius 3 is 2.79 bits per heavy atom. The molecule has 19 heavy (non-hydrogen) atoms. The molecule has 0 spiro atoms. The van der Waals surface area contributed by atoms with Crippen LogP contribution in [0.15, 0.2) is 24.3 Å². The number of carbonyl (C=O) groups excluding carboxylic acids is 2. The van der Waals surface area contributed by atoms with Crippen molar-refractivity contribution in [2.75, 3.05) is 4.90 Å². The summed E-state index contributed by atoms with van der Waals surface area (Å²) in [7, 11) is 0. The van der Waals surface area contributed by atoms with E-state index in [4.69, 9.17) is 0 Å². The second kappa shape index (κ2) is 4.68. The minimum absolute atomic E-state index is 0.0267. The smallest absolute Gasteiger partial charge is 0.322 e. The van der Waals surface area contributed by atoms with Crippen molar-refractivity contribution < 1.29 is 9.59 Å². The van der Waals surface area contributed by atoms with Gasteiger partial charge in [0, 0.05) is 24.1 Å². The highest BCUT2D eigenvalue weighted by Crippen LogP contribution is 2.32. The predicted octanol–water partition coefficient (Wildman–Crippen LogP) is 2.73. The van der Waals surface area contributed by atoms with Crippen LogP contribution in [-0.2, 0) is 0 Å². The van der Waals surface area contributed by atoms with E-state index in [9.17, 15) is 9.59 Å². The zero-order chi connectivity index (χ0) is 13.4.